The smallest absolute Gasteiger partial charge is 0.104 e. The van der Waals surface area contributed by atoms with Gasteiger partial charge in [-0.25, -0.2) is 0 Å². The van der Waals surface area contributed by atoms with E-state index in [4.69, 9.17) is 4.42 Å². The first-order valence-corrected chi connectivity index (χ1v) is 5.51. The molecule has 1 aromatic heterocycles. The van der Waals surface area contributed by atoms with Crippen LogP contribution in [0.1, 0.15) is 24.2 Å². The molecule has 2 aromatic rings. The van der Waals surface area contributed by atoms with Gasteiger partial charge in [-0.3, -0.25) is 0 Å². The van der Waals surface area contributed by atoms with E-state index in [2.05, 4.69) is 38.1 Å². The van der Waals surface area contributed by atoms with Crippen molar-refractivity contribution in [2.75, 3.05) is 0 Å². The Balaban J connectivity index is 0.000000181. The molecule has 0 bridgehead atoms. The average molecular weight is 214 g/mol. The molecule has 0 aliphatic rings. The first-order chi connectivity index (χ1) is 7.83. The molecule has 1 nitrogen and oxygen atoms in total. The van der Waals surface area contributed by atoms with Gasteiger partial charge in [0.05, 0.1) is 6.26 Å². The van der Waals surface area contributed by atoms with Crippen molar-refractivity contribution in [2.45, 2.75) is 19.3 Å². The lowest BCUT2D eigenvalue weighted by Crippen LogP contribution is -1.81. The number of unbranched alkanes of at least 4 members (excludes halogenated alkanes) is 1. The van der Waals surface area contributed by atoms with Crippen molar-refractivity contribution in [2.24, 2.45) is 0 Å². The van der Waals surface area contributed by atoms with Crippen LogP contribution in [0.15, 0.2) is 53.1 Å². The average Bonchev–Trinajstić information content (AvgIpc) is 2.80. The van der Waals surface area contributed by atoms with E-state index in [9.17, 15) is 0 Å². The van der Waals surface area contributed by atoms with Crippen LogP contribution in [0.2, 0.25) is 0 Å². The lowest BCUT2D eigenvalue weighted by Gasteiger charge is -1.96. The number of furan rings is 1. The van der Waals surface area contributed by atoms with Crippen molar-refractivity contribution in [1.29, 1.82) is 0 Å². The normalized spacial score (nSPS) is 9.38. The molecule has 0 aliphatic heterocycles. The predicted molar refractivity (Wildman–Crippen MR) is 67.9 cm³/mol. The minimum absolute atomic E-state index is 0.718. The van der Waals surface area contributed by atoms with E-state index < -0.39 is 0 Å². The minimum atomic E-state index is 0.718. The Bertz CT molecular complexity index is 348. The van der Waals surface area contributed by atoms with Gasteiger partial charge >= 0.3 is 0 Å². The van der Waals surface area contributed by atoms with Crippen molar-refractivity contribution in [3.8, 4) is 0 Å². The first-order valence-electron chi connectivity index (χ1n) is 5.51. The third-order valence-electron chi connectivity index (χ3n) is 2.14. The molecule has 2 radical (unpaired) electrons. The van der Waals surface area contributed by atoms with Gasteiger partial charge in [0, 0.05) is 6.92 Å². The summed E-state index contributed by atoms with van der Waals surface area (Å²) in [6.07, 6.45) is 5.01. The van der Waals surface area contributed by atoms with E-state index in [1.165, 1.54) is 18.4 Å². The molecule has 0 fully saturated rings. The second kappa shape index (κ2) is 7.75. The molecule has 1 aromatic carbocycles. The van der Waals surface area contributed by atoms with Gasteiger partial charge in [0.25, 0.3) is 0 Å². The van der Waals surface area contributed by atoms with Gasteiger partial charge in [-0.15, -0.1) is 0 Å². The maximum Gasteiger partial charge on any atom is 0.104 e. The summed E-state index contributed by atoms with van der Waals surface area (Å²) in [5.74, 6) is 0.718. The van der Waals surface area contributed by atoms with Crippen LogP contribution in [0.5, 0.6) is 0 Å². The number of aryl methyl sites for hydroxylation is 1. The molecule has 16 heavy (non-hydrogen) atoms. The molecule has 0 saturated heterocycles. The van der Waals surface area contributed by atoms with Crippen molar-refractivity contribution < 1.29 is 4.42 Å². The zero-order valence-electron chi connectivity index (χ0n) is 9.56. The second-order valence-corrected chi connectivity index (χ2v) is 3.52. The van der Waals surface area contributed by atoms with E-state index in [1.807, 2.05) is 12.1 Å². The van der Waals surface area contributed by atoms with E-state index in [1.54, 1.807) is 12.3 Å². The molecule has 0 aliphatic carbocycles. The molecule has 84 valence electrons. The fraction of sp³-hybridized carbons (Fsp3) is 0.200. The standard InChI is InChI=1S/C10H13.C5H5O/c1-2-3-7-10-8-5-4-6-9-10;1-5-3-2-4-6-5/h4-6,8-9H,1-3,7H2;2-4H,1H2. The van der Waals surface area contributed by atoms with Crippen LogP contribution >= 0.6 is 0 Å². The number of hydrogen-bond acceptors (Lipinski definition) is 1. The van der Waals surface area contributed by atoms with Crippen LogP contribution in [0.25, 0.3) is 0 Å². The third kappa shape index (κ3) is 5.40. The van der Waals surface area contributed by atoms with Crippen LogP contribution in [-0.2, 0) is 6.42 Å². The lowest BCUT2D eigenvalue weighted by atomic mass is 10.1. The Morgan fingerprint density at radius 1 is 1.00 bits per heavy atom. The maximum atomic E-state index is 4.72. The summed E-state index contributed by atoms with van der Waals surface area (Å²) >= 11 is 0. The summed E-state index contributed by atoms with van der Waals surface area (Å²) in [5.41, 5.74) is 1.42. The van der Waals surface area contributed by atoms with Crippen LogP contribution in [-0.4, -0.2) is 0 Å². The molecule has 0 unspecified atom stereocenters. The van der Waals surface area contributed by atoms with Crippen LogP contribution in [0.3, 0.4) is 0 Å². The molecule has 1 heteroatoms. The molecule has 0 amide bonds. The number of benzene rings is 1. The highest BCUT2D eigenvalue weighted by molar-refractivity contribution is 5.14. The van der Waals surface area contributed by atoms with Gasteiger partial charge in [-0.2, -0.15) is 0 Å². The number of rotatable bonds is 3. The van der Waals surface area contributed by atoms with Gasteiger partial charge in [-0.05, 0) is 30.5 Å². The summed E-state index contributed by atoms with van der Waals surface area (Å²) in [7, 11) is 0. The summed E-state index contributed by atoms with van der Waals surface area (Å²) < 4.78 is 4.72. The molecular weight excluding hydrogens is 196 g/mol. The molecule has 0 N–H and O–H groups in total. The number of hydrogen-bond donors (Lipinski definition) is 0. The highest BCUT2D eigenvalue weighted by Gasteiger charge is 1.87. The largest absolute Gasteiger partial charge is 0.469 e. The Morgan fingerprint density at radius 3 is 2.19 bits per heavy atom. The minimum Gasteiger partial charge on any atom is -0.469 e. The predicted octanol–water partition coefficient (Wildman–Crippen LogP) is 4.31. The van der Waals surface area contributed by atoms with Crippen LogP contribution < -0.4 is 0 Å². The fourth-order valence-corrected chi connectivity index (χ4v) is 1.29. The van der Waals surface area contributed by atoms with Gasteiger partial charge in [0.1, 0.15) is 5.76 Å². The van der Waals surface area contributed by atoms with Crippen molar-refractivity contribution in [3.05, 3.63) is 73.9 Å². The Hall–Kier alpha value is -1.50. The van der Waals surface area contributed by atoms with Gasteiger partial charge in [-0.1, -0.05) is 43.7 Å². The van der Waals surface area contributed by atoms with Gasteiger partial charge in [0.2, 0.25) is 0 Å². The highest BCUT2D eigenvalue weighted by atomic mass is 16.3. The maximum absolute atomic E-state index is 4.72. The van der Waals surface area contributed by atoms with E-state index in [-0.39, 0.29) is 0 Å². The van der Waals surface area contributed by atoms with Crippen LogP contribution in [0, 0.1) is 13.8 Å². The molecule has 0 atom stereocenters. The zero-order chi connectivity index (χ0) is 11.6. The first kappa shape index (κ1) is 12.6. The summed E-state index contributed by atoms with van der Waals surface area (Å²) in [6, 6.07) is 14.2. The Labute approximate surface area is 98.1 Å². The molecule has 0 saturated carbocycles. The van der Waals surface area contributed by atoms with E-state index in [0.29, 0.717) is 0 Å². The van der Waals surface area contributed by atoms with Crippen LogP contribution in [0.4, 0.5) is 0 Å². The van der Waals surface area contributed by atoms with Gasteiger partial charge in [0.15, 0.2) is 0 Å². The monoisotopic (exact) mass is 214 g/mol. The second-order valence-electron chi connectivity index (χ2n) is 3.52. The topological polar surface area (TPSA) is 13.1 Å². The van der Waals surface area contributed by atoms with E-state index in [0.717, 1.165) is 12.2 Å². The molecule has 2 rings (SSSR count). The quantitative estimate of drug-likeness (QED) is 0.742. The van der Waals surface area contributed by atoms with Gasteiger partial charge < -0.3 is 4.42 Å². The molecule has 0 spiro atoms. The fourth-order valence-electron chi connectivity index (χ4n) is 1.29. The summed E-state index contributed by atoms with van der Waals surface area (Å²) in [6.45, 7) is 7.31. The molecule has 1 heterocycles. The Kier molecular flexibility index (Phi) is 6.09. The summed E-state index contributed by atoms with van der Waals surface area (Å²) in [4.78, 5) is 0. The molecular formula is C15H18O. The zero-order valence-corrected chi connectivity index (χ0v) is 9.56. The third-order valence-corrected chi connectivity index (χ3v) is 2.14. The van der Waals surface area contributed by atoms with Crippen molar-refractivity contribution in [1.82, 2.24) is 0 Å². The lowest BCUT2D eigenvalue weighted by molar-refractivity contribution is 0.549. The van der Waals surface area contributed by atoms with E-state index >= 15 is 0 Å². The summed E-state index contributed by atoms with van der Waals surface area (Å²) in [5, 5.41) is 0. The van der Waals surface area contributed by atoms with Crippen molar-refractivity contribution in [3.63, 3.8) is 0 Å². The Morgan fingerprint density at radius 2 is 1.75 bits per heavy atom. The van der Waals surface area contributed by atoms with Crippen molar-refractivity contribution >= 4 is 0 Å². The highest BCUT2D eigenvalue weighted by Crippen LogP contribution is 2.03. The SMILES string of the molecule is [CH2]CCCc1ccccc1.[CH2]c1ccco1.